The third-order valence-electron chi connectivity index (χ3n) is 2.42. The van der Waals surface area contributed by atoms with Crippen molar-refractivity contribution in [2.24, 2.45) is 0 Å². The van der Waals surface area contributed by atoms with Gasteiger partial charge >= 0.3 is 0 Å². The summed E-state index contributed by atoms with van der Waals surface area (Å²) in [7, 11) is 7.00. The van der Waals surface area contributed by atoms with Crippen LogP contribution in [0.2, 0.25) is 0 Å². The largest absolute Gasteiger partial charge is 0.373 e. The van der Waals surface area contributed by atoms with Crippen molar-refractivity contribution in [2.45, 2.75) is 13.2 Å². The Hall–Kier alpha value is -1.40. The molecule has 96 valence electrons. The Morgan fingerprint density at radius 2 is 2.00 bits per heavy atom. The van der Waals surface area contributed by atoms with E-state index in [-0.39, 0.29) is 6.29 Å². The van der Waals surface area contributed by atoms with Gasteiger partial charge in [0, 0.05) is 34.4 Å². The fourth-order valence-electron chi connectivity index (χ4n) is 1.44. The molecule has 0 radical (unpaired) electrons. The third kappa shape index (κ3) is 3.83. The van der Waals surface area contributed by atoms with E-state index in [2.05, 4.69) is 15.3 Å². The number of aromatic nitrogens is 2. The fraction of sp³-hybridized carbons (Fsp3) is 0.636. The molecule has 1 heterocycles. The van der Waals surface area contributed by atoms with Crippen LogP contribution in [0.5, 0.6) is 0 Å². The zero-order chi connectivity index (χ0) is 12.8. The number of hydrogen-bond acceptors (Lipinski definition) is 6. The van der Waals surface area contributed by atoms with Crippen molar-refractivity contribution in [1.29, 1.82) is 0 Å². The van der Waals surface area contributed by atoms with E-state index in [0.29, 0.717) is 6.54 Å². The predicted octanol–water partition coefficient (Wildman–Crippen LogP) is 0.882. The third-order valence-corrected chi connectivity index (χ3v) is 2.42. The Morgan fingerprint density at radius 1 is 1.35 bits per heavy atom. The first-order valence-corrected chi connectivity index (χ1v) is 5.40. The van der Waals surface area contributed by atoms with E-state index in [4.69, 9.17) is 9.47 Å². The normalized spacial score (nSPS) is 10.7. The second kappa shape index (κ2) is 6.36. The first-order chi connectivity index (χ1) is 8.10. The quantitative estimate of drug-likeness (QED) is 0.745. The second-order valence-electron chi connectivity index (χ2n) is 3.69. The van der Waals surface area contributed by atoms with E-state index in [0.717, 1.165) is 17.5 Å². The van der Waals surface area contributed by atoms with Gasteiger partial charge in [0.25, 0.3) is 0 Å². The molecule has 0 amide bonds. The van der Waals surface area contributed by atoms with Crippen LogP contribution in [0.15, 0.2) is 6.07 Å². The first kappa shape index (κ1) is 13.7. The molecule has 6 nitrogen and oxygen atoms in total. The molecular formula is C11H20N4O2. The molecule has 0 saturated carbocycles. The van der Waals surface area contributed by atoms with Crippen molar-refractivity contribution in [2.75, 3.05) is 45.1 Å². The van der Waals surface area contributed by atoms with E-state index >= 15 is 0 Å². The minimum Gasteiger partial charge on any atom is -0.373 e. The fourth-order valence-corrected chi connectivity index (χ4v) is 1.44. The number of ether oxygens (including phenoxy) is 2. The van der Waals surface area contributed by atoms with Gasteiger partial charge in [0.15, 0.2) is 6.29 Å². The standard InChI is InChI=1S/C11H20N4O2/c1-8-13-9(12-2)6-10(14-8)15(3)7-11(16-4)17-5/h6,11H,7H2,1-5H3,(H,12,13,14). The molecule has 1 aromatic heterocycles. The molecule has 0 atom stereocenters. The molecule has 0 bridgehead atoms. The monoisotopic (exact) mass is 240 g/mol. The average Bonchev–Trinajstić information content (AvgIpc) is 2.34. The van der Waals surface area contributed by atoms with Crippen LogP contribution < -0.4 is 10.2 Å². The Labute approximate surface area is 102 Å². The van der Waals surface area contributed by atoms with Gasteiger partial charge in [-0.1, -0.05) is 0 Å². The van der Waals surface area contributed by atoms with Gasteiger partial charge in [-0.15, -0.1) is 0 Å². The van der Waals surface area contributed by atoms with Gasteiger partial charge in [-0.3, -0.25) is 0 Å². The van der Waals surface area contributed by atoms with Crippen molar-refractivity contribution in [3.05, 3.63) is 11.9 Å². The van der Waals surface area contributed by atoms with E-state index in [1.165, 1.54) is 0 Å². The summed E-state index contributed by atoms with van der Waals surface area (Å²) in [4.78, 5) is 10.6. The lowest BCUT2D eigenvalue weighted by atomic mass is 10.4. The van der Waals surface area contributed by atoms with Gasteiger partial charge in [-0.2, -0.15) is 0 Å². The number of methoxy groups -OCH3 is 2. The molecule has 0 saturated heterocycles. The molecule has 0 aliphatic heterocycles. The van der Waals surface area contributed by atoms with E-state index in [1.807, 2.05) is 32.0 Å². The maximum atomic E-state index is 5.16. The Bertz CT molecular complexity index is 355. The van der Waals surface area contributed by atoms with Gasteiger partial charge in [0.1, 0.15) is 17.5 Å². The summed E-state index contributed by atoms with van der Waals surface area (Å²) >= 11 is 0. The van der Waals surface area contributed by atoms with Crippen molar-refractivity contribution < 1.29 is 9.47 Å². The first-order valence-electron chi connectivity index (χ1n) is 5.40. The minimum atomic E-state index is -0.270. The Kier molecular flexibility index (Phi) is 5.11. The number of nitrogens with zero attached hydrogens (tertiary/aromatic N) is 3. The van der Waals surface area contributed by atoms with Gasteiger partial charge in [0.2, 0.25) is 0 Å². The summed E-state index contributed by atoms with van der Waals surface area (Å²) in [5.41, 5.74) is 0. The van der Waals surface area contributed by atoms with Crippen LogP contribution >= 0.6 is 0 Å². The number of likely N-dealkylation sites (N-methyl/N-ethyl adjacent to an activating group) is 1. The summed E-state index contributed by atoms with van der Waals surface area (Å²) in [6.45, 7) is 2.47. The molecule has 0 unspecified atom stereocenters. The highest BCUT2D eigenvalue weighted by molar-refractivity contribution is 5.48. The van der Waals surface area contributed by atoms with Crippen molar-refractivity contribution in [1.82, 2.24) is 9.97 Å². The predicted molar refractivity (Wildman–Crippen MR) is 67.4 cm³/mol. The number of rotatable bonds is 6. The maximum Gasteiger partial charge on any atom is 0.174 e. The smallest absolute Gasteiger partial charge is 0.174 e. The topological polar surface area (TPSA) is 59.5 Å². The summed E-state index contributed by atoms with van der Waals surface area (Å²) in [5.74, 6) is 2.36. The van der Waals surface area contributed by atoms with Crippen molar-refractivity contribution in [3.63, 3.8) is 0 Å². The molecule has 1 N–H and O–H groups in total. The molecule has 0 fully saturated rings. The summed E-state index contributed by atoms with van der Waals surface area (Å²) < 4.78 is 10.3. The average molecular weight is 240 g/mol. The highest BCUT2D eigenvalue weighted by Gasteiger charge is 2.12. The zero-order valence-corrected chi connectivity index (χ0v) is 11.0. The number of nitrogens with one attached hydrogen (secondary N) is 1. The highest BCUT2D eigenvalue weighted by atomic mass is 16.7. The molecule has 6 heteroatoms. The van der Waals surface area contributed by atoms with Crippen LogP contribution in [0.1, 0.15) is 5.82 Å². The summed E-state index contributed by atoms with van der Waals surface area (Å²) in [6, 6.07) is 1.88. The van der Waals surface area contributed by atoms with Crippen molar-refractivity contribution in [3.8, 4) is 0 Å². The molecule has 17 heavy (non-hydrogen) atoms. The SMILES string of the molecule is CNc1cc(N(C)CC(OC)OC)nc(C)n1. The lowest BCUT2D eigenvalue weighted by molar-refractivity contribution is -0.0944. The number of hydrogen-bond donors (Lipinski definition) is 1. The molecular weight excluding hydrogens is 220 g/mol. The van der Waals surface area contributed by atoms with Gasteiger partial charge in [0.05, 0.1) is 6.54 Å². The van der Waals surface area contributed by atoms with E-state index in [9.17, 15) is 0 Å². The van der Waals surface area contributed by atoms with Crippen LogP contribution in [0.25, 0.3) is 0 Å². The Morgan fingerprint density at radius 3 is 2.53 bits per heavy atom. The maximum absolute atomic E-state index is 5.16. The molecule has 0 aliphatic carbocycles. The summed E-state index contributed by atoms with van der Waals surface area (Å²) in [5, 5.41) is 3.00. The van der Waals surface area contributed by atoms with Gasteiger partial charge in [-0.05, 0) is 6.92 Å². The van der Waals surface area contributed by atoms with Crippen LogP contribution in [-0.4, -0.2) is 51.1 Å². The Balaban J connectivity index is 2.80. The van der Waals surface area contributed by atoms with Crippen molar-refractivity contribution >= 4 is 11.6 Å². The highest BCUT2D eigenvalue weighted by Crippen LogP contribution is 2.14. The molecule has 0 aliphatic rings. The molecule has 0 spiro atoms. The number of anilines is 2. The van der Waals surface area contributed by atoms with Crippen LogP contribution in [-0.2, 0) is 9.47 Å². The number of aryl methyl sites for hydroxylation is 1. The van der Waals surface area contributed by atoms with E-state index in [1.54, 1.807) is 14.2 Å². The lowest BCUT2D eigenvalue weighted by Gasteiger charge is -2.23. The molecule has 0 aromatic carbocycles. The van der Waals surface area contributed by atoms with E-state index < -0.39 is 0 Å². The summed E-state index contributed by atoms with van der Waals surface area (Å²) in [6.07, 6.45) is -0.270. The second-order valence-corrected chi connectivity index (χ2v) is 3.69. The van der Waals surface area contributed by atoms with Gasteiger partial charge < -0.3 is 19.7 Å². The van der Waals surface area contributed by atoms with Crippen LogP contribution in [0.3, 0.4) is 0 Å². The molecule has 1 aromatic rings. The van der Waals surface area contributed by atoms with Crippen LogP contribution in [0, 0.1) is 6.92 Å². The van der Waals surface area contributed by atoms with Gasteiger partial charge in [-0.25, -0.2) is 9.97 Å². The zero-order valence-electron chi connectivity index (χ0n) is 11.0. The lowest BCUT2D eigenvalue weighted by Crippen LogP contribution is -2.32. The minimum absolute atomic E-state index is 0.270. The van der Waals surface area contributed by atoms with Crippen LogP contribution in [0.4, 0.5) is 11.6 Å². The molecule has 1 rings (SSSR count).